The summed E-state index contributed by atoms with van der Waals surface area (Å²) in [5.74, 6) is 1.48. The van der Waals surface area contributed by atoms with Crippen molar-refractivity contribution in [3.05, 3.63) is 0 Å². The Bertz CT molecular complexity index is 462. The van der Waals surface area contributed by atoms with Crippen LogP contribution in [0.2, 0.25) is 0 Å². The lowest BCUT2D eigenvalue weighted by atomic mass is 9.78. The number of nitrogens with one attached hydrogen (secondary N) is 2. The van der Waals surface area contributed by atoms with E-state index in [1.165, 1.54) is 19.3 Å². The number of ether oxygens (including phenoxy) is 1. The number of carbonyl (C=O) groups is 2. The molecule has 1 saturated carbocycles. The van der Waals surface area contributed by atoms with Gasteiger partial charge < -0.3 is 20.3 Å². The first kappa shape index (κ1) is 17.5. The summed E-state index contributed by atoms with van der Waals surface area (Å²) in [7, 11) is 0. The zero-order chi connectivity index (χ0) is 17.1. The lowest BCUT2D eigenvalue weighted by Crippen LogP contribution is -2.51. The van der Waals surface area contributed by atoms with Gasteiger partial charge in [-0.1, -0.05) is 13.3 Å². The van der Waals surface area contributed by atoms with Gasteiger partial charge >= 0.3 is 6.09 Å². The summed E-state index contributed by atoms with van der Waals surface area (Å²) in [6, 6.07) is 0.647. The highest BCUT2D eigenvalue weighted by atomic mass is 16.6. The predicted molar refractivity (Wildman–Crippen MR) is 91.6 cm³/mol. The number of rotatable bonds is 3. The molecule has 3 rings (SSSR count). The molecule has 4 unspecified atom stereocenters. The highest BCUT2D eigenvalue weighted by molar-refractivity contribution is 5.82. The molecule has 1 aliphatic carbocycles. The van der Waals surface area contributed by atoms with Gasteiger partial charge in [0, 0.05) is 25.2 Å². The third-order valence-corrected chi connectivity index (χ3v) is 5.97. The minimum Gasteiger partial charge on any atom is -0.450 e. The van der Waals surface area contributed by atoms with Gasteiger partial charge in [0.2, 0.25) is 5.91 Å². The van der Waals surface area contributed by atoms with Gasteiger partial charge in [0.15, 0.2) is 0 Å². The molecule has 3 aliphatic rings. The van der Waals surface area contributed by atoms with E-state index in [0.29, 0.717) is 37.6 Å². The van der Waals surface area contributed by atoms with Gasteiger partial charge in [-0.05, 0) is 50.9 Å². The van der Waals surface area contributed by atoms with Gasteiger partial charge in [-0.15, -0.1) is 0 Å². The van der Waals surface area contributed by atoms with Crippen molar-refractivity contribution in [2.45, 2.75) is 70.5 Å². The average molecular weight is 337 g/mol. The van der Waals surface area contributed by atoms with Gasteiger partial charge in [-0.3, -0.25) is 4.79 Å². The topological polar surface area (TPSA) is 70.7 Å². The van der Waals surface area contributed by atoms with Crippen LogP contribution in [0.1, 0.15) is 52.4 Å². The van der Waals surface area contributed by atoms with Crippen LogP contribution in [-0.4, -0.2) is 54.7 Å². The van der Waals surface area contributed by atoms with Crippen LogP contribution in [0, 0.1) is 11.8 Å². The van der Waals surface area contributed by atoms with Gasteiger partial charge in [0.05, 0.1) is 12.6 Å². The Kier molecular flexibility index (Phi) is 5.64. The van der Waals surface area contributed by atoms with Crippen molar-refractivity contribution in [1.82, 2.24) is 15.5 Å². The molecule has 2 saturated heterocycles. The fraction of sp³-hybridized carbons (Fsp3) is 0.889. The van der Waals surface area contributed by atoms with E-state index >= 15 is 0 Å². The van der Waals surface area contributed by atoms with E-state index in [9.17, 15) is 9.59 Å². The molecule has 0 aromatic heterocycles. The molecule has 0 spiro atoms. The molecule has 2 N–H and O–H groups in total. The van der Waals surface area contributed by atoms with E-state index in [1.807, 2.05) is 6.92 Å². The van der Waals surface area contributed by atoms with Gasteiger partial charge in [0.1, 0.15) is 0 Å². The molecule has 136 valence electrons. The fourth-order valence-electron chi connectivity index (χ4n) is 4.60. The summed E-state index contributed by atoms with van der Waals surface area (Å²) in [6.07, 6.45) is 6.17. The van der Waals surface area contributed by atoms with E-state index < -0.39 is 0 Å². The Morgan fingerprint density at radius 3 is 2.62 bits per heavy atom. The largest absolute Gasteiger partial charge is 0.450 e. The molecule has 6 nitrogen and oxygen atoms in total. The number of carbonyl (C=O) groups excluding carboxylic acids is 2. The summed E-state index contributed by atoms with van der Waals surface area (Å²) in [6.45, 7) is 5.84. The van der Waals surface area contributed by atoms with Gasteiger partial charge in [0.25, 0.3) is 0 Å². The predicted octanol–water partition coefficient (Wildman–Crippen LogP) is 1.89. The Morgan fingerprint density at radius 1 is 1.21 bits per heavy atom. The lowest BCUT2D eigenvalue weighted by Gasteiger charge is -2.32. The number of likely N-dealkylation sites (tertiary alicyclic amines) is 1. The highest BCUT2D eigenvalue weighted by Crippen LogP contribution is 2.36. The molecule has 0 aromatic rings. The van der Waals surface area contributed by atoms with Crippen LogP contribution < -0.4 is 10.6 Å². The second-order valence-electron chi connectivity index (χ2n) is 7.62. The molecule has 6 heteroatoms. The summed E-state index contributed by atoms with van der Waals surface area (Å²) in [5.41, 5.74) is 0. The molecule has 2 heterocycles. The number of piperidine rings is 1. The van der Waals surface area contributed by atoms with Crippen molar-refractivity contribution < 1.29 is 14.3 Å². The first-order chi connectivity index (χ1) is 11.6. The Balaban J connectivity index is 1.44. The lowest BCUT2D eigenvalue weighted by molar-refractivity contribution is -0.123. The second-order valence-corrected chi connectivity index (χ2v) is 7.62. The number of nitrogens with zero attached hydrogens (tertiary/aromatic N) is 1. The maximum absolute atomic E-state index is 12.6. The van der Waals surface area contributed by atoms with Gasteiger partial charge in [-0.2, -0.15) is 0 Å². The maximum atomic E-state index is 12.6. The summed E-state index contributed by atoms with van der Waals surface area (Å²) in [4.78, 5) is 26.1. The Labute approximate surface area is 144 Å². The van der Waals surface area contributed by atoms with Crippen LogP contribution in [0.15, 0.2) is 0 Å². The van der Waals surface area contributed by atoms with Crippen LogP contribution in [0.4, 0.5) is 4.79 Å². The second kappa shape index (κ2) is 7.72. The monoisotopic (exact) mass is 337 g/mol. The maximum Gasteiger partial charge on any atom is 0.409 e. The van der Waals surface area contributed by atoms with Crippen molar-refractivity contribution in [3.8, 4) is 0 Å². The number of amides is 2. The van der Waals surface area contributed by atoms with E-state index in [2.05, 4.69) is 17.6 Å². The SMILES string of the molecule is CCOC(=O)N1CCC(NC(=O)C2CC3CCCC(C)C3N2)CC1. The van der Waals surface area contributed by atoms with E-state index in [4.69, 9.17) is 4.74 Å². The zero-order valence-electron chi connectivity index (χ0n) is 14.9. The standard InChI is InChI=1S/C18H31N3O3/c1-3-24-18(23)21-9-7-14(8-10-21)19-17(22)15-11-13-6-4-5-12(2)16(13)20-15/h12-16,20H,3-11H2,1-2H3,(H,19,22). The number of fused-ring (bicyclic) bond motifs is 1. The molecular formula is C18H31N3O3. The number of hydrogen-bond donors (Lipinski definition) is 2. The van der Waals surface area contributed by atoms with Crippen LogP contribution in [-0.2, 0) is 9.53 Å². The molecule has 0 bridgehead atoms. The minimum atomic E-state index is -0.238. The molecular weight excluding hydrogens is 306 g/mol. The molecule has 0 radical (unpaired) electrons. The molecule has 24 heavy (non-hydrogen) atoms. The van der Waals surface area contributed by atoms with Crippen LogP contribution in [0.25, 0.3) is 0 Å². The molecule has 2 aliphatic heterocycles. The highest BCUT2D eigenvalue weighted by Gasteiger charge is 2.41. The molecule has 4 atom stereocenters. The first-order valence-corrected chi connectivity index (χ1v) is 9.56. The van der Waals surface area contributed by atoms with Crippen LogP contribution >= 0.6 is 0 Å². The molecule has 0 aromatic carbocycles. The van der Waals surface area contributed by atoms with Crippen molar-refractivity contribution in [1.29, 1.82) is 0 Å². The third-order valence-electron chi connectivity index (χ3n) is 5.97. The van der Waals surface area contributed by atoms with Gasteiger partial charge in [-0.25, -0.2) is 4.79 Å². The van der Waals surface area contributed by atoms with E-state index in [1.54, 1.807) is 4.90 Å². The average Bonchev–Trinajstić information content (AvgIpc) is 3.01. The summed E-state index contributed by atoms with van der Waals surface area (Å²) in [5, 5.41) is 6.78. The normalized spacial score (nSPS) is 33.8. The molecule has 3 fully saturated rings. The van der Waals surface area contributed by atoms with Crippen LogP contribution in [0.5, 0.6) is 0 Å². The summed E-state index contributed by atoms with van der Waals surface area (Å²) >= 11 is 0. The van der Waals surface area contributed by atoms with E-state index in [0.717, 1.165) is 19.3 Å². The smallest absolute Gasteiger partial charge is 0.409 e. The Hall–Kier alpha value is -1.30. The number of hydrogen-bond acceptors (Lipinski definition) is 4. The minimum absolute atomic E-state index is 0.0383. The molecule has 2 amide bonds. The van der Waals surface area contributed by atoms with Crippen molar-refractivity contribution in [3.63, 3.8) is 0 Å². The Morgan fingerprint density at radius 2 is 1.96 bits per heavy atom. The zero-order valence-corrected chi connectivity index (χ0v) is 14.9. The summed E-state index contributed by atoms with van der Waals surface area (Å²) < 4.78 is 5.03. The van der Waals surface area contributed by atoms with E-state index in [-0.39, 0.29) is 24.1 Å². The van der Waals surface area contributed by atoms with Crippen molar-refractivity contribution in [2.75, 3.05) is 19.7 Å². The quantitative estimate of drug-likeness (QED) is 0.825. The van der Waals surface area contributed by atoms with Crippen LogP contribution in [0.3, 0.4) is 0 Å². The van der Waals surface area contributed by atoms with Crippen molar-refractivity contribution in [2.24, 2.45) is 11.8 Å². The third kappa shape index (κ3) is 3.85. The van der Waals surface area contributed by atoms with Crippen molar-refractivity contribution >= 4 is 12.0 Å². The fourth-order valence-corrected chi connectivity index (χ4v) is 4.60. The first-order valence-electron chi connectivity index (χ1n) is 9.56.